The smallest absolute Gasteiger partial charge is 0.339 e. The summed E-state index contributed by atoms with van der Waals surface area (Å²) >= 11 is 1.52. The van der Waals surface area contributed by atoms with Crippen molar-refractivity contribution in [3.05, 3.63) is 41.5 Å². The number of imidazole rings is 1. The number of carbonyl (C=O) groups excluding carboxylic acids is 1. The molecular formula is C13H15N3O3S. The molecule has 7 heteroatoms. The summed E-state index contributed by atoms with van der Waals surface area (Å²) in [5.41, 5.74) is 2.04. The normalized spacial score (nSPS) is 10.6. The molecule has 20 heavy (non-hydrogen) atoms. The average Bonchev–Trinajstić information content (AvgIpc) is 2.85. The van der Waals surface area contributed by atoms with Crippen molar-refractivity contribution in [3.8, 4) is 0 Å². The van der Waals surface area contributed by atoms with Crippen molar-refractivity contribution in [2.24, 2.45) is 7.05 Å². The van der Waals surface area contributed by atoms with Crippen LogP contribution in [0.3, 0.4) is 0 Å². The molecule has 2 aromatic heterocycles. The molecule has 0 unspecified atom stereocenters. The number of hydrogen-bond donors (Lipinski definition) is 1. The van der Waals surface area contributed by atoms with E-state index in [0.29, 0.717) is 11.3 Å². The van der Waals surface area contributed by atoms with Gasteiger partial charge in [0.2, 0.25) is 0 Å². The molecule has 0 aliphatic rings. The predicted molar refractivity (Wildman–Crippen MR) is 74.3 cm³/mol. The number of methoxy groups -OCH3 is 1. The summed E-state index contributed by atoms with van der Waals surface area (Å²) in [6.07, 6.45) is 3.15. The lowest BCUT2D eigenvalue weighted by molar-refractivity contribution is 0.0600. The number of aliphatic hydroxyl groups is 1. The zero-order valence-electron chi connectivity index (χ0n) is 11.2. The number of carbonyl (C=O) groups is 1. The number of nitrogens with zero attached hydrogens (tertiary/aromatic N) is 3. The van der Waals surface area contributed by atoms with Crippen molar-refractivity contribution < 1.29 is 14.6 Å². The number of hydrogen-bond acceptors (Lipinski definition) is 6. The van der Waals surface area contributed by atoms with Gasteiger partial charge in [0.1, 0.15) is 0 Å². The molecule has 0 amide bonds. The molecule has 2 rings (SSSR count). The van der Waals surface area contributed by atoms with E-state index in [0.717, 1.165) is 16.5 Å². The molecule has 2 aromatic rings. The summed E-state index contributed by atoms with van der Waals surface area (Å²) in [4.78, 5) is 19.7. The lowest BCUT2D eigenvalue weighted by Gasteiger charge is -2.04. The Bertz CT molecular complexity index is 595. The van der Waals surface area contributed by atoms with Gasteiger partial charge in [0.05, 0.1) is 36.9 Å². The van der Waals surface area contributed by atoms with Crippen LogP contribution in [0.1, 0.15) is 21.7 Å². The highest BCUT2D eigenvalue weighted by atomic mass is 32.2. The fourth-order valence-corrected chi connectivity index (χ4v) is 2.48. The Kier molecular flexibility index (Phi) is 4.75. The molecule has 0 aromatic carbocycles. The quantitative estimate of drug-likeness (QED) is 0.663. The second-order valence-corrected chi connectivity index (χ2v) is 5.01. The van der Waals surface area contributed by atoms with Crippen LogP contribution in [0.4, 0.5) is 0 Å². The largest absolute Gasteiger partial charge is 0.465 e. The van der Waals surface area contributed by atoms with Gasteiger partial charge in [-0.05, 0) is 12.1 Å². The van der Waals surface area contributed by atoms with Gasteiger partial charge >= 0.3 is 5.97 Å². The van der Waals surface area contributed by atoms with Crippen molar-refractivity contribution in [2.75, 3.05) is 7.11 Å². The van der Waals surface area contributed by atoms with Gasteiger partial charge in [0.15, 0.2) is 5.16 Å². The Balaban J connectivity index is 2.00. The minimum atomic E-state index is -0.395. The maximum atomic E-state index is 11.3. The molecular weight excluding hydrogens is 278 g/mol. The van der Waals surface area contributed by atoms with E-state index < -0.39 is 5.97 Å². The summed E-state index contributed by atoms with van der Waals surface area (Å²) in [6, 6.07) is 3.47. The van der Waals surface area contributed by atoms with Crippen LogP contribution in [0.2, 0.25) is 0 Å². The second-order valence-electron chi connectivity index (χ2n) is 4.07. The number of aliphatic hydroxyl groups excluding tert-OH is 1. The maximum Gasteiger partial charge on any atom is 0.339 e. The summed E-state index contributed by atoms with van der Waals surface area (Å²) in [5.74, 6) is 0.241. The Hall–Kier alpha value is -1.86. The van der Waals surface area contributed by atoms with Crippen molar-refractivity contribution >= 4 is 17.7 Å². The molecule has 0 aliphatic heterocycles. The summed E-state index contributed by atoms with van der Waals surface area (Å²) in [7, 11) is 3.20. The van der Waals surface area contributed by atoms with Crippen LogP contribution in [0.5, 0.6) is 0 Å². The van der Waals surface area contributed by atoms with Gasteiger partial charge in [0, 0.05) is 19.0 Å². The van der Waals surface area contributed by atoms with E-state index in [-0.39, 0.29) is 6.61 Å². The molecule has 0 aliphatic carbocycles. The first-order chi connectivity index (χ1) is 9.65. The van der Waals surface area contributed by atoms with E-state index in [2.05, 4.69) is 14.7 Å². The Labute approximate surface area is 120 Å². The predicted octanol–water partition coefficient (Wildman–Crippen LogP) is 1.39. The monoisotopic (exact) mass is 293 g/mol. The SMILES string of the molecule is COC(=O)c1ccc(CSc2ncc(CO)n2C)nc1. The van der Waals surface area contributed by atoms with Gasteiger partial charge in [-0.25, -0.2) is 9.78 Å². The highest BCUT2D eigenvalue weighted by molar-refractivity contribution is 7.98. The van der Waals surface area contributed by atoms with Crippen molar-refractivity contribution in [3.63, 3.8) is 0 Å². The minimum Gasteiger partial charge on any atom is -0.465 e. The van der Waals surface area contributed by atoms with E-state index in [1.807, 2.05) is 11.6 Å². The standard InChI is InChI=1S/C13H15N3O3S/c1-16-11(7-17)6-15-13(16)20-8-10-4-3-9(5-14-10)12(18)19-2/h3-6,17H,7-8H2,1-2H3. The van der Waals surface area contributed by atoms with E-state index in [1.165, 1.54) is 25.1 Å². The van der Waals surface area contributed by atoms with Gasteiger partial charge in [0.25, 0.3) is 0 Å². The third-order valence-electron chi connectivity index (χ3n) is 2.80. The highest BCUT2D eigenvalue weighted by Gasteiger charge is 2.08. The number of thioether (sulfide) groups is 1. The molecule has 0 bridgehead atoms. The van der Waals surface area contributed by atoms with Crippen LogP contribution >= 0.6 is 11.8 Å². The topological polar surface area (TPSA) is 77.2 Å². The van der Waals surface area contributed by atoms with Crippen molar-refractivity contribution in [1.82, 2.24) is 14.5 Å². The van der Waals surface area contributed by atoms with Crippen LogP contribution in [0.15, 0.2) is 29.7 Å². The van der Waals surface area contributed by atoms with E-state index in [9.17, 15) is 4.79 Å². The van der Waals surface area contributed by atoms with Crippen LogP contribution < -0.4 is 0 Å². The van der Waals surface area contributed by atoms with E-state index >= 15 is 0 Å². The molecule has 0 atom stereocenters. The first-order valence-corrected chi connectivity index (χ1v) is 6.91. The first-order valence-electron chi connectivity index (χ1n) is 5.93. The Morgan fingerprint density at radius 1 is 1.40 bits per heavy atom. The van der Waals surface area contributed by atoms with Crippen LogP contribution in [0, 0.1) is 0 Å². The zero-order chi connectivity index (χ0) is 14.5. The maximum absolute atomic E-state index is 11.3. The van der Waals surface area contributed by atoms with Gasteiger partial charge in [-0.1, -0.05) is 11.8 Å². The molecule has 1 N–H and O–H groups in total. The van der Waals surface area contributed by atoms with E-state index in [1.54, 1.807) is 18.3 Å². The summed E-state index contributed by atoms with van der Waals surface area (Å²) < 4.78 is 6.46. The Morgan fingerprint density at radius 2 is 2.20 bits per heavy atom. The molecule has 6 nitrogen and oxygen atoms in total. The molecule has 2 heterocycles. The molecule has 0 spiro atoms. The minimum absolute atomic E-state index is 0.0316. The zero-order valence-corrected chi connectivity index (χ0v) is 12.1. The third kappa shape index (κ3) is 3.17. The van der Waals surface area contributed by atoms with Gasteiger partial charge in [-0.3, -0.25) is 4.98 Å². The van der Waals surface area contributed by atoms with Crippen LogP contribution in [-0.4, -0.2) is 32.7 Å². The lowest BCUT2D eigenvalue weighted by atomic mass is 10.2. The molecule has 0 fully saturated rings. The second kappa shape index (κ2) is 6.53. The number of esters is 1. The van der Waals surface area contributed by atoms with Gasteiger partial charge < -0.3 is 14.4 Å². The molecule has 0 saturated carbocycles. The van der Waals surface area contributed by atoms with Crippen molar-refractivity contribution in [1.29, 1.82) is 0 Å². The van der Waals surface area contributed by atoms with E-state index in [4.69, 9.17) is 5.11 Å². The summed E-state index contributed by atoms with van der Waals surface area (Å²) in [6.45, 7) is -0.0316. The third-order valence-corrected chi connectivity index (χ3v) is 3.88. The van der Waals surface area contributed by atoms with Crippen molar-refractivity contribution in [2.45, 2.75) is 17.5 Å². The lowest BCUT2D eigenvalue weighted by Crippen LogP contribution is -2.02. The number of ether oxygens (including phenoxy) is 1. The first kappa shape index (κ1) is 14.5. The highest BCUT2D eigenvalue weighted by Crippen LogP contribution is 2.21. The number of pyridine rings is 1. The summed E-state index contributed by atoms with van der Waals surface area (Å²) in [5, 5.41) is 9.91. The van der Waals surface area contributed by atoms with Gasteiger partial charge in [-0.2, -0.15) is 0 Å². The molecule has 0 radical (unpaired) electrons. The Morgan fingerprint density at radius 3 is 2.75 bits per heavy atom. The fraction of sp³-hybridized carbons (Fsp3) is 0.308. The van der Waals surface area contributed by atoms with Gasteiger partial charge in [-0.15, -0.1) is 0 Å². The molecule has 0 saturated heterocycles. The fourth-order valence-electron chi connectivity index (χ4n) is 1.59. The van der Waals surface area contributed by atoms with Crippen LogP contribution in [0.25, 0.3) is 0 Å². The van der Waals surface area contributed by atoms with Crippen LogP contribution in [-0.2, 0) is 24.1 Å². The number of rotatable bonds is 5. The average molecular weight is 293 g/mol. The number of aromatic nitrogens is 3. The molecule has 106 valence electrons.